The van der Waals surface area contributed by atoms with Crippen LogP contribution in [0.25, 0.3) is 5.57 Å². The third-order valence-electron chi connectivity index (χ3n) is 7.34. The molecule has 2 aliphatic carbocycles. The zero-order chi connectivity index (χ0) is 20.9. The minimum atomic E-state index is -2.60. The van der Waals surface area contributed by atoms with Crippen molar-refractivity contribution in [3.63, 3.8) is 0 Å². The number of hydrogen-bond donors (Lipinski definition) is 1. The van der Waals surface area contributed by atoms with Gasteiger partial charge in [0.2, 0.25) is 0 Å². The van der Waals surface area contributed by atoms with Crippen LogP contribution in [0.3, 0.4) is 0 Å². The molecule has 6 heteroatoms. The van der Waals surface area contributed by atoms with E-state index >= 15 is 0 Å². The summed E-state index contributed by atoms with van der Waals surface area (Å²) in [5, 5.41) is 4.80. The summed E-state index contributed by atoms with van der Waals surface area (Å²) in [7, 11) is 0. The van der Waals surface area contributed by atoms with Crippen LogP contribution in [0, 0.1) is 5.92 Å². The van der Waals surface area contributed by atoms with Crippen LogP contribution in [0.5, 0.6) is 0 Å². The van der Waals surface area contributed by atoms with Gasteiger partial charge in [-0.25, -0.2) is 0 Å². The Morgan fingerprint density at radius 1 is 0.844 bits per heavy atom. The van der Waals surface area contributed by atoms with Crippen LogP contribution in [-0.2, 0) is 21.6 Å². The van der Waals surface area contributed by atoms with Gasteiger partial charge in [0.05, 0.1) is 0 Å². The standard InChI is InChI=1S/C13H25NO.C11H11.2CH3.2ClH.H4Si.Ti/c14-13(15)12-10-8-6-4-2-1-3-5-7-9-11-12;1-8-7-10-5-3-4-6-11(10)9(8)2;;;;;;/h12H,1-11H2,(H2,14,15);3-7H,1-2H3;2*1H3;2*1H;1H4;/q;;;;;;;+3/p-3. The van der Waals surface area contributed by atoms with E-state index in [0.717, 1.165) is 12.8 Å². The normalized spacial score (nSPS) is 19.9. The van der Waals surface area contributed by atoms with E-state index in [-0.39, 0.29) is 41.7 Å². The molecule has 2 aliphatic rings. The SMILES string of the molecule is CC1=C(C)[CH]([Ti+2]([CH3])([CH3])[NH]C(=O)C2CCCCCCCCCCC2)c2ccccc21.[Cl-].[Cl-].[SiH4]. The van der Waals surface area contributed by atoms with E-state index in [1.807, 2.05) is 0 Å². The fourth-order valence-corrected chi connectivity index (χ4v) is 10.8. The van der Waals surface area contributed by atoms with Gasteiger partial charge in [0, 0.05) is 0 Å². The van der Waals surface area contributed by atoms with Gasteiger partial charge in [-0.05, 0) is 11.0 Å². The van der Waals surface area contributed by atoms with Gasteiger partial charge in [-0.2, -0.15) is 0 Å². The van der Waals surface area contributed by atoms with Gasteiger partial charge in [-0.1, -0.05) is 0 Å². The Kier molecular flexibility index (Phi) is 15.0. The Balaban J connectivity index is 0.00000320. The summed E-state index contributed by atoms with van der Waals surface area (Å²) in [6.07, 6.45) is 14.1. The smallest absolute Gasteiger partial charge is 0.0149 e. The average molecular weight is 535 g/mol. The van der Waals surface area contributed by atoms with Crippen LogP contribution >= 0.6 is 0 Å². The number of nitrogens with one attached hydrogen (secondary N) is 1. The third-order valence-corrected chi connectivity index (χ3v) is 12.2. The Morgan fingerprint density at radius 2 is 1.31 bits per heavy atom. The molecular formula is C26H45Cl2NOSiTi. The van der Waals surface area contributed by atoms with Gasteiger partial charge in [0.15, 0.2) is 0 Å². The Bertz CT molecular complexity index is 741. The molecule has 1 aromatic carbocycles. The van der Waals surface area contributed by atoms with Crippen molar-refractivity contribution in [2.24, 2.45) is 5.92 Å². The summed E-state index contributed by atoms with van der Waals surface area (Å²) in [5.41, 5.74) is 5.75. The van der Waals surface area contributed by atoms with E-state index < -0.39 is 16.8 Å². The molecule has 0 spiro atoms. The largest absolute Gasteiger partial charge is 1.00 e. The molecule has 1 amide bonds. The number of amides is 1. The van der Waals surface area contributed by atoms with Crippen molar-refractivity contribution in [3.05, 3.63) is 41.0 Å². The van der Waals surface area contributed by atoms with Gasteiger partial charge in [0.1, 0.15) is 0 Å². The Labute approximate surface area is 217 Å². The van der Waals surface area contributed by atoms with Gasteiger partial charge >= 0.3 is 183 Å². The molecule has 0 aliphatic heterocycles. The second-order valence-corrected chi connectivity index (χ2v) is 16.7. The number of benzene rings is 1. The van der Waals surface area contributed by atoms with Crippen molar-refractivity contribution in [2.75, 3.05) is 0 Å². The first-order valence-corrected chi connectivity index (χ1v) is 16.8. The molecule has 0 bridgehead atoms. The van der Waals surface area contributed by atoms with Gasteiger partial charge < -0.3 is 24.8 Å². The molecule has 1 saturated carbocycles. The number of hydrogen-bond acceptors (Lipinski definition) is 1. The zero-order valence-electron chi connectivity index (χ0n) is 19.9. The van der Waals surface area contributed by atoms with E-state index in [2.05, 4.69) is 52.4 Å². The summed E-state index contributed by atoms with van der Waals surface area (Å²) >= 11 is -2.60. The predicted octanol–water partition coefficient (Wildman–Crippen LogP) is 0.293. The first kappa shape index (κ1) is 31.9. The van der Waals surface area contributed by atoms with Crippen LogP contribution in [0.4, 0.5) is 0 Å². The molecule has 182 valence electrons. The number of carbonyl (C=O) groups excluding carboxylic acids is 1. The van der Waals surface area contributed by atoms with Crippen molar-refractivity contribution >= 4 is 22.4 Å². The summed E-state index contributed by atoms with van der Waals surface area (Å²) in [5.74, 6) is 0.586. The molecule has 0 heterocycles. The molecule has 3 rings (SSSR count). The minimum absolute atomic E-state index is 0. The molecule has 2 nitrogen and oxygen atoms in total. The van der Waals surface area contributed by atoms with Crippen LogP contribution < -0.4 is 28.6 Å². The average Bonchev–Trinajstić information content (AvgIpc) is 2.93. The second kappa shape index (κ2) is 15.0. The molecule has 1 fully saturated rings. The van der Waals surface area contributed by atoms with Gasteiger partial charge in [-0.15, -0.1) is 0 Å². The van der Waals surface area contributed by atoms with Crippen LogP contribution in [0.15, 0.2) is 29.8 Å². The molecule has 0 radical (unpaired) electrons. The maximum absolute atomic E-state index is 13.4. The number of halogens is 2. The topological polar surface area (TPSA) is 29.1 Å². The summed E-state index contributed by atoms with van der Waals surface area (Å²) in [6.45, 7) is 4.54. The maximum Gasteiger partial charge on any atom is -0.0149 e. The molecule has 1 aromatic rings. The van der Waals surface area contributed by atoms with E-state index in [0.29, 0.717) is 10.1 Å². The molecule has 0 saturated heterocycles. The number of carbonyl (C=O) groups is 1. The second-order valence-electron chi connectivity index (χ2n) is 10.00. The molecule has 0 aromatic heterocycles. The zero-order valence-corrected chi connectivity index (χ0v) is 23.0. The van der Waals surface area contributed by atoms with Crippen molar-refractivity contribution in [3.8, 4) is 0 Å². The van der Waals surface area contributed by atoms with Crippen molar-refractivity contribution in [1.29, 1.82) is 0 Å². The van der Waals surface area contributed by atoms with E-state index in [9.17, 15) is 4.79 Å². The monoisotopic (exact) mass is 533 g/mol. The summed E-state index contributed by atoms with van der Waals surface area (Å²) in [4.78, 5) is 13.4. The number of allylic oxidation sites excluding steroid dienone is 2. The molecular weight excluding hydrogens is 489 g/mol. The summed E-state index contributed by atoms with van der Waals surface area (Å²) in [6, 6.07) is 8.84. The summed E-state index contributed by atoms with van der Waals surface area (Å²) < 4.78 is 4.13. The van der Waals surface area contributed by atoms with Crippen molar-refractivity contribution in [1.82, 2.24) is 3.80 Å². The van der Waals surface area contributed by atoms with Crippen LogP contribution in [0.1, 0.15) is 99.8 Å². The van der Waals surface area contributed by atoms with E-state index in [1.54, 1.807) is 0 Å². The molecule has 1 N–H and O–H groups in total. The molecule has 1 unspecified atom stereocenters. The number of fused-ring (bicyclic) bond motifs is 1. The van der Waals surface area contributed by atoms with Crippen LogP contribution in [0.2, 0.25) is 10.5 Å². The first-order valence-electron chi connectivity index (χ1n) is 12.0. The van der Waals surface area contributed by atoms with E-state index in [1.165, 1.54) is 80.1 Å². The maximum atomic E-state index is 13.4. The minimum Gasteiger partial charge on any atom is -1.00 e. The fraction of sp³-hybridized carbons (Fsp3) is 0.654. The van der Waals surface area contributed by atoms with Crippen molar-refractivity contribution in [2.45, 2.75) is 99.2 Å². The third kappa shape index (κ3) is 8.01. The van der Waals surface area contributed by atoms with E-state index in [4.69, 9.17) is 0 Å². The number of rotatable bonds is 3. The molecule has 1 atom stereocenters. The molecule has 32 heavy (non-hydrogen) atoms. The van der Waals surface area contributed by atoms with Gasteiger partial charge in [0.25, 0.3) is 0 Å². The fourth-order valence-electron chi connectivity index (χ4n) is 5.60. The van der Waals surface area contributed by atoms with Crippen molar-refractivity contribution < 1.29 is 46.5 Å². The van der Waals surface area contributed by atoms with Crippen LogP contribution in [-0.4, -0.2) is 16.9 Å². The first-order chi connectivity index (χ1) is 13.9. The Hall–Kier alpha value is -0.0588. The van der Waals surface area contributed by atoms with Gasteiger partial charge in [-0.3, -0.25) is 0 Å². The predicted molar refractivity (Wildman–Crippen MR) is 133 cm³/mol. The Morgan fingerprint density at radius 3 is 1.84 bits per heavy atom. The quantitative estimate of drug-likeness (QED) is 0.556.